The molecule has 2 unspecified atom stereocenters. The number of aliphatic hydroxyl groups excluding tert-OH is 1. The molecule has 0 aliphatic carbocycles. The molecule has 0 aliphatic heterocycles. The van der Waals surface area contributed by atoms with E-state index in [0.29, 0.717) is 0 Å². The van der Waals surface area contributed by atoms with Crippen molar-refractivity contribution in [1.82, 2.24) is 15.5 Å². The maximum Gasteiger partial charge on any atom is 0.408 e. The lowest BCUT2D eigenvalue weighted by Crippen LogP contribution is -2.53. The summed E-state index contributed by atoms with van der Waals surface area (Å²) in [6.07, 6.45) is 4.68. The number of aliphatic hydroxyl groups is 1. The van der Waals surface area contributed by atoms with Gasteiger partial charge in [-0.2, -0.15) is 0 Å². The van der Waals surface area contributed by atoms with Crippen LogP contribution in [0.25, 0.3) is 0 Å². The average Bonchev–Trinajstić information content (AvgIpc) is 2.78. The summed E-state index contributed by atoms with van der Waals surface area (Å²) in [5.74, 6) is -1.65. The summed E-state index contributed by atoms with van der Waals surface area (Å²) in [6, 6.07) is 14.2. The maximum atomic E-state index is 13.2. The molecule has 0 fully saturated rings. The minimum Gasteiger partial charge on any atom is -0.508 e. The molecule has 34 heavy (non-hydrogen) atoms. The highest BCUT2D eigenvalue weighted by Gasteiger charge is 2.35. The predicted molar refractivity (Wildman–Crippen MR) is 125 cm³/mol. The highest BCUT2D eigenvalue weighted by Crippen LogP contribution is 2.25. The van der Waals surface area contributed by atoms with E-state index in [9.17, 15) is 24.6 Å². The van der Waals surface area contributed by atoms with Gasteiger partial charge >= 0.3 is 6.09 Å². The van der Waals surface area contributed by atoms with E-state index in [1.54, 1.807) is 20.8 Å². The molecule has 0 spiro atoms. The Hall–Kier alpha value is -4.03. The molecule has 2 aromatic rings. The number of hydrogen-bond acceptors (Lipinski definition) is 6. The number of aromatic hydroxyl groups is 1. The first-order valence-corrected chi connectivity index (χ1v) is 10.6. The van der Waals surface area contributed by atoms with Crippen molar-refractivity contribution in [2.24, 2.45) is 0 Å². The van der Waals surface area contributed by atoms with Gasteiger partial charge in [0, 0.05) is 12.6 Å². The van der Waals surface area contributed by atoms with Crippen LogP contribution in [0.1, 0.15) is 37.9 Å². The number of nitrogens with one attached hydrogen (secondary N) is 2. The van der Waals surface area contributed by atoms with E-state index in [2.05, 4.69) is 16.7 Å². The monoisotopic (exact) mass is 467 g/mol. The minimum atomic E-state index is -1.47. The first-order chi connectivity index (χ1) is 16.1. The topological polar surface area (TPSA) is 128 Å². The molecule has 0 radical (unpaired) electrons. The van der Waals surface area contributed by atoms with Crippen LogP contribution in [-0.2, 0) is 20.9 Å². The van der Waals surface area contributed by atoms with Crippen LogP contribution in [0, 0.1) is 12.5 Å². The molecule has 9 heteroatoms. The predicted octanol–water partition coefficient (Wildman–Crippen LogP) is 2.05. The second-order valence-electron chi connectivity index (χ2n) is 8.42. The fourth-order valence-electron chi connectivity index (χ4n) is 3.06. The summed E-state index contributed by atoms with van der Waals surface area (Å²) in [4.78, 5) is 39.3. The smallest absolute Gasteiger partial charge is 0.408 e. The summed E-state index contributed by atoms with van der Waals surface area (Å²) in [6.45, 7) is 4.32. The van der Waals surface area contributed by atoms with Gasteiger partial charge in [-0.25, -0.2) is 4.79 Å². The zero-order chi connectivity index (χ0) is 25.3. The number of terminal acetylenes is 1. The van der Waals surface area contributed by atoms with Gasteiger partial charge in [-0.15, -0.1) is 0 Å². The number of hydrogen-bond donors (Lipinski definition) is 4. The average molecular weight is 468 g/mol. The van der Waals surface area contributed by atoms with E-state index < -0.39 is 42.2 Å². The second-order valence-corrected chi connectivity index (χ2v) is 8.42. The SMILES string of the molecule is C#CN(C(=O)C(CO)NC(=O)OC(C)(C)C)C(C(=O)NCc1ccccc1)c1cccc(O)c1. The molecule has 4 N–H and O–H groups in total. The van der Waals surface area contributed by atoms with Crippen molar-refractivity contribution in [3.8, 4) is 18.2 Å². The van der Waals surface area contributed by atoms with Crippen molar-refractivity contribution in [3.05, 3.63) is 65.7 Å². The highest BCUT2D eigenvalue weighted by atomic mass is 16.6. The van der Waals surface area contributed by atoms with Crippen molar-refractivity contribution in [2.75, 3.05) is 6.61 Å². The van der Waals surface area contributed by atoms with Crippen LogP contribution in [0.4, 0.5) is 4.79 Å². The Labute approximate surface area is 198 Å². The molecular formula is C25H29N3O6. The number of nitrogens with zero attached hydrogens (tertiary/aromatic N) is 1. The van der Waals surface area contributed by atoms with Crippen LogP contribution in [0.5, 0.6) is 5.75 Å². The number of rotatable bonds is 8. The van der Waals surface area contributed by atoms with E-state index in [-0.39, 0.29) is 17.9 Å². The molecular weight excluding hydrogens is 438 g/mol. The molecule has 180 valence electrons. The third-order valence-electron chi connectivity index (χ3n) is 4.55. The number of carbonyl (C=O) groups is 3. The third kappa shape index (κ3) is 7.53. The molecule has 3 amide bonds. The molecule has 0 saturated heterocycles. The Morgan fingerprint density at radius 1 is 1.12 bits per heavy atom. The van der Waals surface area contributed by atoms with E-state index in [1.165, 1.54) is 24.3 Å². The van der Waals surface area contributed by atoms with Gasteiger partial charge in [-0.1, -0.05) is 48.9 Å². The second kappa shape index (κ2) is 11.7. The number of benzene rings is 2. The summed E-state index contributed by atoms with van der Waals surface area (Å²) in [5, 5.41) is 24.7. The zero-order valence-electron chi connectivity index (χ0n) is 19.3. The quantitative estimate of drug-likeness (QED) is 0.348. The van der Waals surface area contributed by atoms with Gasteiger partial charge in [0.2, 0.25) is 5.91 Å². The number of carbonyl (C=O) groups excluding carboxylic acids is 3. The Kier molecular flexibility index (Phi) is 9.04. The van der Waals surface area contributed by atoms with Crippen LogP contribution < -0.4 is 10.6 Å². The van der Waals surface area contributed by atoms with Crippen LogP contribution in [0.2, 0.25) is 0 Å². The number of phenols is 1. The molecule has 0 aliphatic rings. The van der Waals surface area contributed by atoms with Crippen LogP contribution in [-0.4, -0.2) is 51.3 Å². The highest BCUT2D eigenvalue weighted by molar-refractivity contribution is 5.93. The van der Waals surface area contributed by atoms with Crippen molar-refractivity contribution >= 4 is 17.9 Å². The standard InChI is InChI=1S/C25H29N3O6/c1-5-28(23(32)20(16-29)27-24(33)34-25(2,3)4)21(18-12-9-13-19(30)14-18)22(31)26-15-17-10-7-6-8-11-17/h1,6-14,20-21,29-30H,15-16H2,2-4H3,(H,26,31)(H,27,33). The molecule has 0 heterocycles. The van der Waals surface area contributed by atoms with Crippen molar-refractivity contribution < 1.29 is 29.3 Å². The molecule has 2 rings (SSSR count). The lowest BCUT2D eigenvalue weighted by atomic mass is 10.0. The van der Waals surface area contributed by atoms with Crippen LogP contribution >= 0.6 is 0 Å². The fraction of sp³-hybridized carbons (Fsp3) is 0.320. The minimum absolute atomic E-state index is 0.131. The largest absolute Gasteiger partial charge is 0.508 e. The molecule has 2 aromatic carbocycles. The lowest BCUT2D eigenvalue weighted by molar-refractivity contribution is -0.139. The Morgan fingerprint density at radius 2 is 1.79 bits per heavy atom. The van der Waals surface area contributed by atoms with E-state index in [1.807, 2.05) is 30.3 Å². The first-order valence-electron chi connectivity index (χ1n) is 10.6. The van der Waals surface area contributed by atoms with Crippen molar-refractivity contribution in [1.29, 1.82) is 0 Å². The first kappa shape index (κ1) is 26.2. The lowest BCUT2D eigenvalue weighted by Gasteiger charge is -2.29. The Bertz CT molecular complexity index is 1040. The maximum absolute atomic E-state index is 13.2. The van der Waals surface area contributed by atoms with Gasteiger partial charge in [0.15, 0.2) is 0 Å². The molecule has 0 saturated carbocycles. The van der Waals surface area contributed by atoms with E-state index >= 15 is 0 Å². The van der Waals surface area contributed by atoms with Crippen LogP contribution in [0.15, 0.2) is 54.6 Å². The van der Waals surface area contributed by atoms with Gasteiger partial charge in [-0.05, 0) is 44.0 Å². The fourth-order valence-corrected chi connectivity index (χ4v) is 3.06. The molecule has 2 atom stereocenters. The Morgan fingerprint density at radius 3 is 2.35 bits per heavy atom. The number of phenolic OH excluding ortho intramolecular Hbond substituents is 1. The van der Waals surface area contributed by atoms with Crippen LogP contribution in [0.3, 0.4) is 0 Å². The number of amides is 3. The van der Waals surface area contributed by atoms with E-state index in [4.69, 9.17) is 11.2 Å². The summed E-state index contributed by atoms with van der Waals surface area (Å²) in [7, 11) is 0. The van der Waals surface area contributed by atoms with Gasteiger partial charge < -0.3 is 25.6 Å². The van der Waals surface area contributed by atoms with Crippen molar-refractivity contribution in [3.63, 3.8) is 0 Å². The molecule has 9 nitrogen and oxygen atoms in total. The summed E-state index contributed by atoms with van der Waals surface area (Å²) in [5.41, 5.74) is 0.232. The zero-order valence-corrected chi connectivity index (χ0v) is 19.3. The van der Waals surface area contributed by atoms with Gasteiger partial charge in [-0.3, -0.25) is 14.5 Å². The van der Waals surface area contributed by atoms with Gasteiger partial charge in [0.25, 0.3) is 5.91 Å². The summed E-state index contributed by atoms with van der Waals surface area (Å²) < 4.78 is 5.13. The third-order valence-corrected chi connectivity index (χ3v) is 4.55. The number of alkyl carbamates (subject to hydrolysis) is 1. The van der Waals surface area contributed by atoms with Gasteiger partial charge in [0.1, 0.15) is 23.4 Å². The number of ether oxygens (including phenoxy) is 1. The van der Waals surface area contributed by atoms with E-state index in [0.717, 1.165) is 10.5 Å². The summed E-state index contributed by atoms with van der Waals surface area (Å²) >= 11 is 0. The molecule has 0 aromatic heterocycles. The Balaban J connectivity index is 2.32. The van der Waals surface area contributed by atoms with Crippen molar-refractivity contribution in [2.45, 2.75) is 45.0 Å². The normalized spacial score (nSPS) is 12.6. The molecule has 0 bridgehead atoms. The van der Waals surface area contributed by atoms with Gasteiger partial charge in [0.05, 0.1) is 6.61 Å².